The third kappa shape index (κ3) is 4.13. The third-order valence-corrected chi connectivity index (χ3v) is 2.05. The molecule has 1 N–H and O–H groups in total. The number of rotatable bonds is 4. The molecule has 0 radical (unpaired) electrons. The van der Waals surface area contributed by atoms with Gasteiger partial charge in [-0.2, -0.15) is 0 Å². The van der Waals surface area contributed by atoms with Gasteiger partial charge in [0.05, 0.1) is 0 Å². The molecular weight excluding hydrogens is 188 g/mol. The second-order valence-corrected chi connectivity index (χ2v) is 4.00. The fraction of sp³-hybridized carbons (Fsp3) is 0.417. The van der Waals surface area contributed by atoms with E-state index in [-0.39, 0.29) is 11.9 Å². The first-order valence-corrected chi connectivity index (χ1v) is 5.10. The van der Waals surface area contributed by atoms with Crippen molar-refractivity contribution < 1.29 is 4.79 Å². The molecule has 1 aromatic carbocycles. The largest absolute Gasteiger partial charge is 0.348 e. The van der Waals surface area contributed by atoms with E-state index >= 15 is 0 Å². The van der Waals surface area contributed by atoms with Crippen LogP contribution in [0.4, 0.5) is 0 Å². The minimum atomic E-state index is -0.00931. The van der Waals surface area contributed by atoms with Crippen LogP contribution in [0.5, 0.6) is 0 Å². The molecule has 1 atom stereocenters. The summed E-state index contributed by atoms with van der Waals surface area (Å²) in [5, 5.41) is 2.95. The molecule has 1 rings (SSSR count). The van der Waals surface area contributed by atoms with Gasteiger partial charge in [-0.25, -0.2) is 0 Å². The highest BCUT2D eigenvalue weighted by Crippen LogP contribution is 1.98. The quantitative estimate of drug-likeness (QED) is 0.807. The number of carbonyl (C=O) groups is 1. The molecule has 0 heterocycles. The van der Waals surface area contributed by atoms with Crippen molar-refractivity contribution in [3.8, 4) is 0 Å². The van der Waals surface area contributed by atoms with Gasteiger partial charge >= 0.3 is 0 Å². The van der Waals surface area contributed by atoms with Crippen LogP contribution in [-0.4, -0.2) is 37.5 Å². The van der Waals surface area contributed by atoms with E-state index in [4.69, 9.17) is 0 Å². The summed E-state index contributed by atoms with van der Waals surface area (Å²) in [6.07, 6.45) is 0. The number of hydrogen-bond acceptors (Lipinski definition) is 2. The lowest BCUT2D eigenvalue weighted by Gasteiger charge is -2.18. The van der Waals surface area contributed by atoms with E-state index in [9.17, 15) is 4.79 Å². The minimum Gasteiger partial charge on any atom is -0.348 e. The molecule has 82 valence electrons. The molecule has 1 unspecified atom stereocenters. The molecule has 0 aliphatic carbocycles. The predicted octanol–water partition coefficient (Wildman–Crippen LogP) is 1.37. The number of nitrogens with one attached hydrogen (secondary N) is 1. The molecule has 0 fully saturated rings. The van der Waals surface area contributed by atoms with Crippen molar-refractivity contribution in [3.63, 3.8) is 0 Å². The zero-order valence-corrected chi connectivity index (χ0v) is 9.53. The summed E-state index contributed by atoms with van der Waals surface area (Å²) >= 11 is 0. The average Bonchev–Trinajstić information content (AvgIpc) is 2.17. The Hall–Kier alpha value is -1.35. The predicted molar refractivity (Wildman–Crippen MR) is 61.9 cm³/mol. The van der Waals surface area contributed by atoms with Gasteiger partial charge in [0.1, 0.15) is 0 Å². The minimum absolute atomic E-state index is 0.00931. The number of amides is 1. The maximum absolute atomic E-state index is 11.7. The third-order valence-electron chi connectivity index (χ3n) is 2.05. The number of hydrogen-bond donors (Lipinski definition) is 1. The second-order valence-electron chi connectivity index (χ2n) is 4.00. The van der Waals surface area contributed by atoms with Crippen molar-refractivity contribution in [2.45, 2.75) is 13.0 Å². The lowest BCUT2D eigenvalue weighted by Crippen LogP contribution is -2.39. The van der Waals surface area contributed by atoms with E-state index in [0.29, 0.717) is 5.56 Å². The lowest BCUT2D eigenvalue weighted by molar-refractivity contribution is 0.0934. The van der Waals surface area contributed by atoms with Gasteiger partial charge in [-0.05, 0) is 33.2 Å². The SMILES string of the molecule is CC(CN(C)C)NC(=O)c1ccccc1. The molecule has 0 saturated carbocycles. The van der Waals surface area contributed by atoms with Crippen molar-refractivity contribution in [1.29, 1.82) is 0 Å². The van der Waals surface area contributed by atoms with Gasteiger partial charge in [0.2, 0.25) is 0 Å². The molecule has 3 heteroatoms. The first-order chi connectivity index (χ1) is 7.09. The smallest absolute Gasteiger partial charge is 0.251 e. The van der Waals surface area contributed by atoms with Gasteiger partial charge < -0.3 is 10.2 Å². The molecule has 0 bridgehead atoms. The lowest BCUT2D eigenvalue weighted by atomic mass is 10.2. The van der Waals surface area contributed by atoms with Gasteiger partial charge in [-0.3, -0.25) is 4.79 Å². The van der Waals surface area contributed by atoms with Crippen molar-refractivity contribution in [3.05, 3.63) is 35.9 Å². The Morgan fingerprint density at radius 1 is 1.33 bits per heavy atom. The maximum Gasteiger partial charge on any atom is 0.251 e. The van der Waals surface area contributed by atoms with Crippen LogP contribution in [0.15, 0.2) is 30.3 Å². The van der Waals surface area contributed by atoms with Crippen molar-refractivity contribution in [2.24, 2.45) is 0 Å². The Morgan fingerprint density at radius 3 is 2.47 bits per heavy atom. The van der Waals surface area contributed by atoms with Crippen LogP contribution < -0.4 is 5.32 Å². The Balaban J connectivity index is 2.49. The topological polar surface area (TPSA) is 32.3 Å². The standard InChI is InChI=1S/C12H18N2O/c1-10(9-14(2)3)13-12(15)11-7-5-4-6-8-11/h4-8,10H,9H2,1-3H3,(H,13,15). The summed E-state index contributed by atoms with van der Waals surface area (Å²) in [5.74, 6) is -0.00931. The highest BCUT2D eigenvalue weighted by molar-refractivity contribution is 5.94. The van der Waals surface area contributed by atoms with Gasteiger partial charge in [0.25, 0.3) is 5.91 Å². The fourth-order valence-electron chi connectivity index (χ4n) is 1.49. The van der Waals surface area contributed by atoms with E-state index in [1.54, 1.807) is 0 Å². The molecule has 1 aromatic rings. The first kappa shape index (κ1) is 11.7. The van der Waals surface area contributed by atoms with Gasteiger partial charge in [0.15, 0.2) is 0 Å². The van der Waals surface area contributed by atoms with Crippen molar-refractivity contribution in [1.82, 2.24) is 10.2 Å². The molecule has 1 amide bonds. The van der Waals surface area contributed by atoms with Crippen LogP contribution in [0.1, 0.15) is 17.3 Å². The highest BCUT2D eigenvalue weighted by atomic mass is 16.1. The normalized spacial score (nSPS) is 12.5. The van der Waals surface area contributed by atoms with E-state index < -0.39 is 0 Å². The number of carbonyl (C=O) groups excluding carboxylic acids is 1. The maximum atomic E-state index is 11.7. The summed E-state index contributed by atoms with van der Waals surface area (Å²) < 4.78 is 0. The van der Waals surface area contributed by atoms with E-state index in [1.165, 1.54) is 0 Å². The number of benzene rings is 1. The summed E-state index contributed by atoms with van der Waals surface area (Å²) in [7, 11) is 3.98. The highest BCUT2D eigenvalue weighted by Gasteiger charge is 2.09. The van der Waals surface area contributed by atoms with Gasteiger partial charge in [-0.15, -0.1) is 0 Å². The Kier molecular flexibility index (Phi) is 4.31. The zero-order valence-electron chi connectivity index (χ0n) is 9.53. The van der Waals surface area contributed by atoms with Crippen LogP contribution in [0.3, 0.4) is 0 Å². The molecule has 0 spiro atoms. The molecule has 0 aliphatic rings. The molecule has 15 heavy (non-hydrogen) atoms. The van der Waals surface area contributed by atoms with Crippen LogP contribution in [0, 0.1) is 0 Å². The molecule has 3 nitrogen and oxygen atoms in total. The van der Waals surface area contributed by atoms with Crippen LogP contribution in [0.2, 0.25) is 0 Å². The van der Waals surface area contributed by atoms with Gasteiger partial charge in [0, 0.05) is 18.2 Å². The Morgan fingerprint density at radius 2 is 1.93 bits per heavy atom. The number of nitrogens with zero attached hydrogens (tertiary/aromatic N) is 1. The number of likely N-dealkylation sites (N-methyl/N-ethyl adjacent to an activating group) is 1. The molecule has 0 aliphatic heterocycles. The van der Waals surface area contributed by atoms with Gasteiger partial charge in [-0.1, -0.05) is 18.2 Å². The molecule has 0 saturated heterocycles. The fourth-order valence-corrected chi connectivity index (χ4v) is 1.49. The van der Waals surface area contributed by atoms with E-state index in [2.05, 4.69) is 10.2 Å². The zero-order chi connectivity index (χ0) is 11.3. The second kappa shape index (κ2) is 5.51. The van der Waals surface area contributed by atoms with E-state index in [1.807, 2.05) is 51.4 Å². The van der Waals surface area contributed by atoms with Crippen molar-refractivity contribution in [2.75, 3.05) is 20.6 Å². The molecule has 0 aromatic heterocycles. The summed E-state index contributed by atoms with van der Waals surface area (Å²) in [4.78, 5) is 13.8. The van der Waals surface area contributed by atoms with E-state index in [0.717, 1.165) is 6.54 Å². The summed E-state index contributed by atoms with van der Waals surface area (Å²) in [6, 6.07) is 9.43. The Labute approximate surface area is 91.1 Å². The first-order valence-electron chi connectivity index (χ1n) is 5.10. The Bertz CT molecular complexity index is 309. The van der Waals surface area contributed by atoms with Crippen LogP contribution in [-0.2, 0) is 0 Å². The summed E-state index contributed by atoms with van der Waals surface area (Å²) in [6.45, 7) is 2.85. The van der Waals surface area contributed by atoms with Crippen molar-refractivity contribution >= 4 is 5.91 Å². The summed E-state index contributed by atoms with van der Waals surface area (Å²) in [5.41, 5.74) is 0.711. The monoisotopic (exact) mass is 206 g/mol. The molecular formula is C12H18N2O. The van der Waals surface area contributed by atoms with Crippen LogP contribution in [0.25, 0.3) is 0 Å². The average molecular weight is 206 g/mol. The van der Waals surface area contributed by atoms with Crippen LogP contribution >= 0.6 is 0 Å².